The number of aromatic nitrogens is 2. The summed E-state index contributed by atoms with van der Waals surface area (Å²) in [6, 6.07) is 1.69. The Labute approximate surface area is 174 Å². The van der Waals surface area contributed by atoms with Gasteiger partial charge in [0.25, 0.3) is 0 Å². The maximum absolute atomic E-state index is 12.7. The van der Waals surface area contributed by atoms with E-state index in [1.165, 1.54) is 0 Å². The molecule has 144 valence electrons. The number of piperidine rings is 1. The number of thioether (sulfide) groups is 1. The number of benzene rings is 1. The number of hydrogen-bond acceptors (Lipinski definition) is 6. The zero-order valence-electron chi connectivity index (χ0n) is 14.6. The van der Waals surface area contributed by atoms with Crippen molar-refractivity contribution in [1.29, 1.82) is 0 Å². The highest BCUT2D eigenvalue weighted by atomic mass is 79.9. The Morgan fingerprint density at radius 3 is 2.81 bits per heavy atom. The van der Waals surface area contributed by atoms with Crippen LogP contribution >= 0.6 is 39.3 Å². The van der Waals surface area contributed by atoms with E-state index in [1.54, 1.807) is 22.4 Å². The van der Waals surface area contributed by atoms with Gasteiger partial charge in [0.15, 0.2) is 0 Å². The molecule has 1 N–H and O–H groups in total. The first-order valence-corrected chi connectivity index (χ1v) is 11.2. The topological polar surface area (TPSA) is 67.6 Å². The van der Waals surface area contributed by atoms with Crippen molar-refractivity contribution in [2.45, 2.75) is 23.8 Å². The molecule has 3 aliphatic rings. The molecule has 5 rings (SSSR count). The molecule has 0 aliphatic carbocycles. The van der Waals surface area contributed by atoms with E-state index in [1.807, 2.05) is 0 Å². The molecule has 0 amide bonds. The van der Waals surface area contributed by atoms with Gasteiger partial charge in [-0.1, -0.05) is 11.6 Å². The third-order valence-corrected chi connectivity index (χ3v) is 8.88. The average molecular weight is 473 g/mol. The third-order valence-electron chi connectivity index (χ3n) is 6.03. The van der Waals surface area contributed by atoms with Gasteiger partial charge in [-0.3, -0.25) is 4.57 Å². The van der Waals surface area contributed by atoms with E-state index >= 15 is 0 Å². The lowest BCUT2D eigenvalue weighted by Gasteiger charge is -2.48. The van der Waals surface area contributed by atoms with Crippen LogP contribution in [-0.2, 0) is 4.74 Å². The number of aromatic hydroxyl groups is 1. The Morgan fingerprint density at radius 2 is 2.15 bits per heavy atom. The van der Waals surface area contributed by atoms with Crippen LogP contribution in [0.3, 0.4) is 0 Å². The van der Waals surface area contributed by atoms with Gasteiger partial charge in [0, 0.05) is 22.6 Å². The molecule has 1 aromatic carbocycles. The van der Waals surface area contributed by atoms with E-state index in [2.05, 4.69) is 25.8 Å². The summed E-state index contributed by atoms with van der Waals surface area (Å²) >= 11 is 11.5. The average Bonchev–Trinajstić information content (AvgIpc) is 2.62. The molecule has 1 spiro atoms. The Morgan fingerprint density at radius 1 is 1.41 bits per heavy atom. The molecular weight excluding hydrogens is 454 g/mol. The van der Waals surface area contributed by atoms with Gasteiger partial charge in [-0.05, 0) is 47.9 Å². The van der Waals surface area contributed by atoms with Gasteiger partial charge < -0.3 is 14.7 Å². The Kier molecular flexibility index (Phi) is 4.48. The van der Waals surface area contributed by atoms with Crippen molar-refractivity contribution < 1.29 is 9.84 Å². The lowest BCUT2D eigenvalue weighted by Crippen LogP contribution is -2.52. The molecule has 2 aromatic rings. The highest BCUT2D eigenvalue weighted by Gasteiger charge is 2.41. The first kappa shape index (κ1) is 18.2. The predicted molar refractivity (Wildman–Crippen MR) is 109 cm³/mol. The molecule has 4 heterocycles. The van der Waals surface area contributed by atoms with Crippen LogP contribution in [0.4, 0.5) is 0 Å². The van der Waals surface area contributed by atoms with Crippen LogP contribution in [0.5, 0.6) is 5.88 Å². The Balaban J connectivity index is 1.50. The molecule has 0 saturated carbocycles. The van der Waals surface area contributed by atoms with Crippen molar-refractivity contribution in [3.63, 3.8) is 0 Å². The smallest absolute Gasteiger partial charge is 0.351 e. The fourth-order valence-electron chi connectivity index (χ4n) is 4.35. The summed E-state index contributed by atoms with van der Waals surface area (Å²) in [7, 11) is 0. The van der Waals surface area contributed by atoms with Gasteiger partial charge in [0.05, 0.1) is 39.7 Å². The van der Waals surface area contributed by atoms with Crippen molar-refractivity contribution in [2.75, 3.05) is 38.6 Å². The molecular formula is C18H19BrClN3O3S. The second kappa shape index (κ2) is 6.62. The summed E-state index contributed by atoms with van der Waals surface area (Å²) in [5.41, 5.74) is 0.725. The van der Waals surface area contributed by atoms with Crippen LogP contribution in [0.15, 0.2) is 20.2 Å². The van der Waals surface area contributed by atoms with Crippen LogP contribution in [-0.4, -0.2) is 58.2 Å². The Hall–Kier alpha value is -0.800. The van der Waals surface area contributed by atoms with Gasteiger partial charge >= 0.3 is 5.69 Å². The summed E-state index contributed by atoms with van der Waals surface area (Å²) in [5, 5.41) is 11.2. The SMILES string of the molecule is O=c1nc(O)c2cc(Cl)c(Br)c3c2n1[C@@H](CN1CCC2(CC1)COC2)CS3. The number of hydrogen-bond donors (Lipinski definition) is 1. The van der Waals surface area contributed by atoms with E-state index in [0.29, 0.717) is 15.8 Å². The van der Waals surface area contributed by atoms with Crippen LogP contribution in [0, 0.1) is 5.41 Å². The minimum absolute atomic E-state index is 0.0189. The standard InChI is InChI=1S/C18H19BrClN3O3S/c19-13-12(20)5-11-14-15(13)27-7-10(23(14)17(25)21-16(11)24)6-22-3-1-18(2-4-22)8-26-9-18/h5,10H,1-4,6-9H2,(H,21,24,25)/t10-/m0/s1. The molecule has 2 saturated heterocycles. The molecule has 0 unspecified atom stereocenters. The maximum Gasteiger partial charge on any atom is 0.351 e. The van der Waals surface area contributed by atoms with Crippen molar-refractivity contribution in [3.05, 3.63) is 26.0 Å². The number of rotatable bonds is 2. The van der Waals surface area contributed by atoms with Gasteiger partial charge in [-0.15, -0.1) is 11.8 Å². The van der Waals surface area contributed by atoms with Crippen molar-refractivity contribution in [1.82, 2.24) is 14.5 Å². The minimum Gasteiger partial charge on any atom is -0.493 e. The van der Waals surface area contributed by atoms with Crippen molar-refractivity contribution in [2.24, 2.45) is 5.41 Å². The molecule has 2 fully saturated rings. The lowest BCUT2D eigenvalue weighted by atomic mass is 9.77. The molecule has 0 bridgehead atoms. The van der Waals surface area contributed by atoms with Crippen molar-refractivity contribution in [3.8, 4) is 5.88 Å². The second-order valence-electron chi connectivity index (χ2n) is 7.74. The zero-order chi connectivity index (χ0) is 18.8. The monoisotopic (exact) mass is 471 g/mol. The van der Waals surface area contributed by atoms with E-state index in [0.717, 1.165) is 66.3 Å². The minimum atomic E-state index is -0.401. The van der Waals surface area contributed by atoms with E-state index in [-0.39, 0.29) is 11.9 Å². The largest absolute Gasteiger partial charge is 0.493 e. The Bertz CT molecular complexity index is 984. The van der Waals surface area contributed by atoms with E-state index < -0.39 is 5.69 Å². The first-order chi connectivity index (χ1) is 13.0. The fourth-order valence-corrected chi connectivity index (χ4v) is 6.45. The molecule has 6 nitrogen and oxygen atoms in total. The number of halogens is 2. The van der Waals surface area contributed by atoms with Crippen LogP contribution < -0.4 is 5.69 Å². The fraction of sp³-hybridized carbons (Fsp3) is 0.556. The lowest BCUT2D eigenvalue weighted by molar-refractivity contribution is -0.140. The summed E-state index contributed by atoms with van der Waals surface area (Å²) in [4.78, 5) is 19.9. The molecule has 27 heavy (non-hydrogen) atoms. The predicted octanol–water partition coefficient (Wildman–Crippen LogP) is 3.28. The van der Waals surface area contributed by atoms with Crippen LogP contribution in [0.2, 0.25) is 5.02 Å². The summed E-state index contributed by atoms with van der Waals surface area (Å²) in [6.45, 7) is 4.66. The third kappa shape index (κ3) is 2.92. The highest BCUT2D eigenvalue weighted by Crippen LogP contribution is 2.45. The zero-order valence-corrected chi connectivity index (χ0v) is 17.7. The van der Waals surface area contributed by atoms with Crippen molar-refractivity contribution >= 4 is 50.2 Å². The summed E-state index contributed by atoms with van der Waals surface area (Å²) in [6.07, 6.45) is 2.31. The van der Waals surface area contributed by atoms with Gasteiger partial charge in [-0.2, -0.15) is 4.98 Å². The quantitative estimate of drug-likeness (QED) is 0.723. The summed E-state index contributed by atoms with van der Waals surface area (Å²) in [5.74, 6) is 0.520. The van der Waals surface area contributed by atoms with Gasteiger partial charge in [0.1, 0.15) is 0 Å². The first-order valence-electron chi connectivity index (χ1n) is 9.04. The van der Waals surface area contributed by atoms with Gasteiger partial charge in [-0.25, -0.2) is 4.79 Å². The maximum atomic E-state index is 12.7. The number of likely N-dealkylation sites (tertiary alicyclic amines) is 1. The molecule has 3 aliphatic heterocycles. The molecule has 0 radical (unpaired) electrons. The molecule has 1 aromatic heterocycles. The van der Waals surface area contributed by atoms with Crippen LogP contribution in [0.1, 0.15) is 18.9 Å². The van der Waals surface area contributed by atoms with E-state index in [9.17, 15) is 9.90 Å². The molecule has 1 atom stereocenters. The van der Waals surface area contributed by atoms with E-state index in [4.69, 9.17) is 16.3 Å². The number of nitrogens with zero attached hydrogens (tertiary/aromatic N) is 3. The number of ether oxygens (including phenoxy) is 1. The van der Waals surface area contributed by atoms with Crippen LogP contribution in [0.25, 0.3) is 10.9 Å². The highest BCUT2D eigenvalue weighted by molar-refractivity contribution is 9.10. The molecule has 9 heteroatoms. The normalized spacial score (nSPS) is 24.3. The van der Waals surface area contributed by atoms with Gasteiger partial charge in [0.2, 0.25) is 5.88 Å². The second-order valence-corrected chi connectivity index (χ2v) is 9.97. The summed E-state index contributed by atoms with van der Waals surface area (Å²) < 4.78 is 7.93.